The molecule has 0 spiro atoms. The highest BCUT2D eigenvalue weighted by molar-refractivity contribution is 6.24. The molecule has 0 saturated heterocycles. The van der Waals surface area contributed by atoms with Gasteiger partial charge in [0.25, 0.3) is 5.56 Å². The van der Waals surface area contributed by atoms with Gasteiger partial charge < -0.3 is 0 Å². The first kappa shape index (κ1) is 34.4. The maximum Gasteiger partial charge on any atom is 0.263 e. The molecule has 0 fully saturated rings. The maximum absolute atomic E-state index is 14.8. The predicted molar refractivity (Wildman–Crippen MR) is 239 cm³/mol. The fourth-order valence-corrected chi connectivity index (χ4v) is 8.63. The van der Waals surface area contributed by atoms with Crippen LogP contribution in [0.5, 0.6) is 0 Å². The molecule has 0 saturated carbocycles. The number of aromatic nitrogens is 6. The number of fused-ring (bicyclic) bond motifs is 5. The lowest BCUT2D eigenvalue weighted by molar-refractivity contribution is 1.17. The van der Waals surface area contributed by atoms with Crippen LogP contribution in [-0.4, -0.2) is 29.3 Å². The molecule has 0 bridgehead atoms. The molecule has 11 rings (SSSR count). The Labute approximate surface area is 339 Å². The Morgan fingerprint density at radius 2 is 1.10 bits per heavy atom. The summed E-state index contributed by atoms with van der Waals surface area (Å²) in [6.45, 7) is 2.18. The molecule has 0 radical (unpaired) electrons. The van der Waals surface area contributed by atoms with E-state index >= 15 is 0 Å². The minimum absolute atomic E-state index is 0.0510. The summed E-state index contributed by atoms with van der Waals surface area (Å²) < 4.78 is 1.93. The lowest BCUT2D eigenvalue weighted by atomic mass is 9.92. The minimum Gasteiger partial charge on any atom is -0.275 e. The van der Waals surface area contributed by atoms with Gasteiger partial charge in [-0.15, -0.1) is 0 Å². The van der Waals surface area contributed by atoms with Crippen LogP contribution >= 0.6 is 0 Å². The molecule has 7 aromatic heterocycles. The first-order valence-electron chi connectivity index (χ1n) is 19.6. The average Bonchev–Trinajstić information content (AvgIpc) is 3.53. The molecule has 59 heavy (non-hydrogen) atoms. The van der Waals surface area contributed by atoms with Gasteiger partial charge in [0, 0.05) is 46.3 Å². The normalized spacial score (nSPS) is 13.3. The van der Waals surface area contributed by atoms with Crippen LogP contribution in [0.25, 0.3) is 88.6 Å². The highest BCUT2D eigenvalue weighted by Crippen LogP contribution is 2.43. The third-order valence-corrected chi connectivity index (χ3v) is 11.4. The first-order valence-corrected chi connectivity index (χ1v) is 19.6. The number of hydrogen-bond donors (Lipinski definition) is 0. The lowest BCUT2D eigenvalue weighted by Gasteiger charge is -2.14. The van der Waals surface area contributed by atoms with Gasteiger partial charge in [0.1, 0.15) is 0 Å². The van der Waals surface area contributed by atoms with Crippen LogP contribution in [-0.2, 0) is 0 Å². The van der Waals surface area contributed by atoms with E-state index in [2.05, 4.69) is 89.7 Å². The number of pyridine rings is 6. The van der Waals surface area contributed by atoms with E-state index in [1.807, 2.05) is 95.7 Å². The highest BCUT2D eigenvalue weighted by atomic mass is 16.1. The van der Waals surface area contributed by atoms with Crippen LogP contribution in [0.1, 0.15) is 30.3 Å². The summed E-state index contributed by atoms with van der Waals surface area (Å²) in [6, 6.07) is 46.7. The van der Waals surface area contributed by atoms with Gasteiger partial charge in [0.05, 0.1) is 45.2 Å². The zero-order valence-electron chi connectivity index (χ0n) is 32.0. The Balaban J connectivity index is 1.18. The SMILES string of the molecule is CC1=C(c2ccccn2)C=C(c2ccc3c4ccc(-c5cc(-c6ccccn6)nc(-c6ccccn6)c5)cc4n4c(=O)c5ccccc5c2c34)C=C(c2ccccn2)C1. The average molecular weight is 759 g/mol. The largest absolute Gasteiger partial charge is 0.275 e. The molecule has 3 aromatic carbocycles. The van der Waals surface area contributed by atoms with Gasteiger partial charge in [-0.25, -0.2) is 4.98 Å². The van der Waals surface area contributed by atoms with Crippen molar-refractivity contribution in [3.63, 3.8) is 0 Å². The standard InChI is InChI=1S/C52H34N6O/c1-32-26-36(43-14-4-8-22-53-43)27-35(28-42(32)44-15-5-9-23-54-44)37-20-21-40-38-19-18-33(31-49(38)58-51(40)50(37)39-12-2-3-13-41(39)52(58)59)34-29-47(45-16-6-10-24-55-45)57-48(30-34)46-17-7-11-25-56-46/h2-25,27-31H,26H2,1H3. The van der Waals surface area contributed by atoms with Crippen molar-refractivity contribution < 1.29 is 0 Å². The van der Waals surface area contributed by atoms with Crippen LogP contribution < -0.4 is 5.56 Å². The number of nitrogens with zero attached hydrogens (tertiary/aromatic N) is 6. The third-order valence-electron chi connectivity index (χ3n) is 11.4. The fraction of sp³-hybridized carbons (Fsp3) is 0.0385. The van der Waals surface area contributed by atoms with Gasteiger partial charge in [-0.1, -0.05) is 72.3 Å². The Bertz CT molecular complexity index is 3350. The maximum atomic E-state index is 14.8. The highest BCUT2D eigenvalue weighted by Gasteiger charge is 2.23. The molecule has 1 aliphatic carbocycles. The first-order chi connectivity index (χ1) is 29.1. The zero-order chi connectivity index (χ0) is 39.5. The smallest absolute Gasteiger partial charge is 0.263 e. The molecule has 278 valence electrons. The Hall–Kier alpha value is -7.90. The van der Waals surface area contributed by atoms with E-state index in [4.69, 9.17) is 15.0 Å². The van der Waals surface area contributed by atoms with Crippen LogP contribution in [0, 0.1) is 0 Å². The van der Waals surface area contributed by atoms with Gasteiger partial charge >= 0.3 is 0 Å². The van der Waals surface area contributed by atoms with Crippen molar-refractivity contribution in [3.05, 3.63) is 209 Å². The van der Waals surface area contributed by atoms with Crippen LogP contribution in [0.3, 0.4) is 0 Å². The number of allylic oxidation sites excluding steroid dienone is 6. The third kappa shape index (κ3) is 5.82. The van der Waals surface area contributed by atoms with Crippen LogP contribution in [0.2, 0.25) is 0 Å². The summed E-state index contributed by atoms with van der Waals surface area (Å²) in [5, 5.41) is 4.63. The Kier molecular flexibility index (Phi) is 8.11. The van der Waals surface area contributed by atoms with Crippen LogP contribution in [0.4, 0.5) is 0 Å². The summed E-state index contributed by atoms with van der Waals surface area (Å²) >= 11 is 0. The van der Waals surface area contributed by atoms with Crippen molar-refractivity contribution in [2.75, 3.05) is 0 Å². The van der Waals surface area contributed by atoms with Crippen LogP contribution in [0.15, 0.2) is 187 Å². The second-order valence-corrected chi connectivity index (χ2v) is 14.9. The quantitative estimate of drug-likeness (QED) is 0.157. The zero-order valence-corrected chi connectivity index (χ0v) is 32.0. The van der Waals surface area contributed by atoms with Gasteiger partial charge in [-0.2, -0.15) is 0 Å². The summed E-state index contributed by atoms with van der Waals surface area (Å²) in [6.07, 6.45) is 12.5. The van der Waals surface area contributed by atoms with Crippen molar-refractivity contribution in [1.82, 2.24) is 29.3 Å². The van der Waals surface area contributed by atoms with E-state index in [0.717, 1.165) is 107 Å². The van der Waals surface area contributed by atoms with E-state index in [0.29, 0.717) is 5.39 Å². The summed E-state index contributed by atoms with van der Waals surface area (Å²) in [7, 11) is 0. The van der Waals surface area contributed by atoms with Crippen molar-refractivity contribution >= 4 is 54.7 Å². The fourth-order valence-electron chi connectivity index (χ4n) is 8.63. The summed E-state index contributed by atoms with van der Waals surface area (Å²) in [5.74, 6) is 0. The van der Waals surface area contributed by atoms with Crippen molar-refractivity contribution in [1.29, 1.82) is 0 Å². The molecule has 10 aromatic rings. The predicted octanol–water partition coefficient (Wildman–Crippen LogP) is 11.5. The molecule has 7 nitrogen and oxygen atoms in total. The van der Waals surface area contributed by atoms with Crippen molar-refractivity contribution in [2.24, 2.45) is 0 Å². The van der Waals surface area contributed by atoms with E-state index in [9.17, 15) is 4.79 Å². The monoisotopic (exact) mass is 758 g/mol. The van der Waals surface area contributed by atoms with E-state index in [-0.39, 0.29) is 5.56 Å². The van der Waals surface area contributed by atoms with E-state index < -0.39 is 0 Å². The number of rotatable bonds is 6. The summed E-state index contributed by atoms with van der Waals surface area (Å²) in [4.78, 5) is 38.7. The van der Waals surface area contributed by atoms with Gasteiger partial charge in [-0.3, -0.25) is 29.1 Å². The topological polar surface area (TPSA) is 85.9 Å². The molecular formula is C52H34N6O. The van der Waals surface area contributed by atoms with Gasteiger partial charge in [0.15, 0.2) is 0 Å². The second-order valence-electron chi connectivity index (χ2n) is 14.9. The lowest BCUT2D eigenvalue weighted by Crippen LogP contribution is -2.13. The van der Waals surface area contributed by atoms with E-state index in [1.54, 1.807) is 12.4 Å². The molecular weight excluding hydrogens is 725 g/mol. The molecule has 0 aliphatic heterocycles. The van der Waals surface area contributed by atoms with Gasteiger partial charge in [-0.05, 0) is 137 Å². The Morgan fingerprint density at radius 1 is 0.508 bits per heavy atom. The Morgan fingerprint density at radius 3 is 1.75 bits per heavy atom. The second kappa shape index (κ2) is 13.9. The van der Waals surface area contributed by atoms with Gasteiger partial charge in [0.2, 0.25) is 0 Å². The minimum atomic E-state index is -0.0510. The number of benzene rings is 3. The van der Waals surface area contributed by atoms with Crippen molar-refractivity contribution in [2.45, 2.75) is 13.3 Å². The van der Waals surface area contributed by atoms with Crippen molar-refractivity contribution in [3.8, 4) is 33.9 Å². The van der Waals surface area contributed by atoms with E-state index in [1.165, 1.54) is 5.57 Å². The molecule has 7 heteroatoms. The molecule has 0 N–H and O–H groups in total. The summed E-state index contributed by atoms with van der Waals surface area (Å²) in [5.41, 5.74) is 13.9. The molecule has 0 unspecified atom stereocenters. The molecule has 7 heterocycles. The molecule has 0 atom stereocenters. The molecule has 0 amide bonds. The molecule has 1 aliphatic rings. The number of hydrogen-bond acceptors (Lipinski definition) is 6.